The lowest BCUT2D eigenvalue weighted by Gasteiger charge is -2.29. The topological polar surface area (TPSA) is 19.4 Å². The van der Waals surface area contributed by atoms with Crippen molar-refractivity contribution in [1.29, 1.82) is 0 Å². The second kappa shape index (κ2) is 11.7. The molecule has 3 heteroatoms. The first-order valence-electron chi connectivity index (χ1n) is 16.3. The van der Waals surface area contributed by atoms with Gasteiger partial charge in [-0.15, -0.1) is 0 Å². The lowest BCUT2D eigenvalue weighted by Crippen LogP contribution is -2.12. The predicted octanol–water partition coefficient (Wildman–Crippen LogP) is 12.6. The van der Waals surface area contributed by atoms with E-state index in [1.807, 2.05) is 6.07 Å². The van der Waals surface area contributed by atoms with E-state index in [1.165, 1.54) is 32.3 Å². The van der Waals surface area contributed by atoms with Gasteiger partial charge in [-0.1, -0.05) is 127 Å². The van der Waals surface area contributed by atoms with Gasteiger partial charge in [-0.05, 0) is 82.2 Å². The maximum Gasteiger partial charge on any atom is 0.138 e. The lowest BCUT2D eigenvalue weighted by molar-refractivity contribution is 1.19. The van der Waals surface area contributed by atoms with Gasteiger partial charge >= 0.3 is 0 Å². The number of pyridine rings is 1. The minimum Gasteiger partial charge on any atom is -0.310 e. The molecule has 0 aliphatic heterocycles. The average Bonchev–Trinajstić information content (AvgIpc) is 3.17. The van der Waals surface area contributed by atoms with Gasteiger partial charge in [0.2, 0.25) is 0 Å². The third-order valence-corrected chi connectivity index (χ3v) is 9.18. The normalized spacial score (nSPS) is 11.3. The zero-order valence-corrected chi connectivity index (χ0v) is 26.2. The largest absolute Gasteiger partial charge is 0.310 e. The first-order valence-corrected chi connectivity index (χ1v) is 16.3. The molecule has 48 heavy (non-hydrogen) atoms. The molecule has 0 N–H and O–H groups in total. The molecule has 0 spiro atoms. The highest BCUT2D eigenvalue weighted by molar-refractivity contribution is 6.28. The fourth-order valence-corrected chi connectivity index (χ4v) is 7.03. The van der Waals surface area contributed by atoms with Crippen LogP contribution in [0.1, 0.15) is 0 Å². The average molecular weight is 614 g/mol. The Morgan fingerprint density at radius 2 is 0.771 bits per heavy atom. The van der Waals surface area contributed by atoms with E-state index in [4.69, 9.17) is 4.98 Å². The van der Waals surface area contributed by atoms with Crippen molar-refractivity contribution >= 4 is 66.6 Å². The van der Waals surface area contributed by atoms with Crippen LogP contribution < -0.4 is 9.80 Å². The van der Waals surface area contributed by atoms with Crippen LogP contribution in [0.25, 0.3) is 43.6 Å². The van der Waals surface area contributed by atoms with E-state index in [0.29, 0.717) is 0 Å². The third kappa shape index (κ3) is 4.72. The van der Waals surface area contributed by atoms with Crippen molar-refractivity contribution in [2.75, 3.05) is 9.80 Å². The molecule has 9 aromatic rings. The maximum absolute atomic E-state index is 5.23. The molecule has 0 amide bonds. The van der Waals surface area contributed by atoms with E-state index in [9.17, 15) is 0 Å². The molecule has 3 nitrogen and oxygen atoms in total. The Morgan fingerprint density at radius 3 is 1.29 bits per heavy atom. The van der Waals surface area contributed by atoms with Gasteiger partial charge in [-0.25, -0.2) is 4.98 Å². The van der Waals surface area contributed by atoms with Crippen molar-refractivity contribution in [3.05, 3.63) is 188 Å². The first kappa shape index (κ1) is 27.8. The third-order valence-electron chi connectivity index (χ3n) is 9.18. The first-order chi connectivity index (χ1) is 23.8. The van der Waals surface area contributed by atoms with E-state index in [0.717, 1.165) is 45.5 Å². The highest BCUT2D eigenvalue weighted by Gasteiger charge is 2.22. The van der Waals surface area contributed by atoms with E-state index in [2.05, 4.69) is 192 Å². The van der Waals surface area contributed by atoms with Gasteiger partial charge in [-0.2, -0.15) is 0 Å². The number of hydrogen-bond donors (Lipinski definition) is 0. The van der Waals surface area contributed by atoms with Crippen LogP contribution >= 0.6 is 0 Å². The Balaban J connectivity index is 1.29. The molecule has 8 aromatic carbocycles. The van der Waals surface area contributed by atoms with Crippen molar-refractivity contribution in [2.45, 2.75) is 0 Å². The number of anilines is 6. The fourth-order valence-electron chi connectivity index (χ4n) is 7.03. The maximum atomic E-state index is 5.23. The summed E-state index contributed by atoms with van der Waals surface area (Å²) in [6.07, 6.45) is 0. The Labute approximate surface area is 279 Å². The molecule has 226 valence electrons. The molecule has 0 unspecified atom stereocenters. The van der Waals surface area contributed by atoms with Crippen LogP contribution in [0.15, 0.2) is 188 Å². The van der Waals surface area contributed by atoms with Crippen molar-refractivity contribution in [1.82, 2.24) is 4.98 Å². The summed E-state index contributed by atoms with van der Waals surface area (Å²) in [6, 6.07) is 66.6. The van der Waals surface area contributed by atoms with Gasteiger partial charge in [0.1, 0.15) is 5.82 Å². The molecule has 0 saturated carbocycles. The smallest absolute Gasteiger partial charge is 0.138 e. The molecule has 0 radical (unpaired) electrons. The molecule has 1 heterocycles. The van der Waals surface area contributed by atoms with Crippen molar-refractivity contribution in [3.63, 3.8) is 0 Å². The van der Waals surface area contributed by atoms with E-state index >= 15 is 0 Å². The Morgan fingerprint density at radius 1 is 0.333 bits per heavy atom. The predicted molar refractivity (Wildman–Crippen MR) is 203 cm³/mol. The highest BCUT2D eigenvalue weighted by Crippen LogP contribution is 2.47. The molecule has 9 rings (SSSR count). The quantitative estimate of drug-likeness (QED) is 0.167. The van der Waals surface area contributed by atoms with E-state index in [1.54, 1.807) is 0 Å². The Hall–Kier alpha value is -6.45. The Bertz CT molecular complexity index is 2460. The SMILES string of the molecule is c1ccc(-c2cccc(N(c3ccccc3)c3ccc4ccc5c(N(c6ccccc6)c6ccccc6)ccc6ccc3c4c65)n2)cc1. The molecular formula is C45H31N3. The summed E-state index contributed by atoms with van der Waals surface area (Å²) < 4.78 is 0. The van der Waals surface area contributed by atoms with Gasteiger partial charge in [-0.3, -0.25) is 4.90 Å². The van der Waals surface area contributed by atoms with E-state index in [-0.39, 0.29) is 0 Å². The zero-order valence-electron chi connectivity index (χ0n) is 26.2. The second-order valence-corrected chi connectivity index (χ2v) is 12.0. The summed E-state index contributed by atoms with van der Waals surface area (Å²) in [6.45, 7) is 0. The number of rotatable bonds is 7. The van der Waals surface area contributed by atoms with Crippen LogP contribution in [-0.2, 0) is 0 Å². The monoisotopic (exact) mass is 613 g/mol. The summed E-state index contributed by atoms with van der Waals surface area (Å²) in [4.78, 5) is 9.88. The van der Waals surface area contributed by atoms with Gasteiger partial charge < -0.3 is 4.90 Å². The summed E-state index contributed by atoms with van der Waals surface area (Å²) >= 11 is 0. The van der Waals surface area contributed by atoms with Crippen LogP contribution in [0.3, 0.4) is 0 Å². The second-order valence-electron chi connectivity index (χ2n) is 12.0. The van der Waals surface area contributed by atoms with Gasteiger partial charge in [0, 0.05) is 33.4 Å². The minimum absolute atomic E-state index is 0.873. The fraction of sp³-hybridized carbons (Fsp3) is 0. The van der Waals surface area contributed by atoms with Crippen molar-refractivity contribution in [3.8, 4) is 11.3 Å². The van der Waals surface area contributed by atoms with Crippen LogP contribution in [0, 0.1) is 0 Å². The van der Waals surface area contributed by atoms with Crippen molar-refractivity contribution < 1.29 is 0 Å². The van der Waals surface area contributed by atoms with Crippen LogP contribution in [-0.4, -0.2) is 4.98 Å². The number of benzene rings is 8. The van der Waals surface area contributed by atoms with Crippen LogP contribution in [0.5, 0.6) is 0 Å². The number of aromatic nitrogens is 1. The lowest BCUT2D eigenvalue weighted by atomic mass is 9.92. The molecule has 0 atom stereocenters. The minimum atomic E-state index is 0.873. The van der Waals surface area contributed by atoms with Crippen LogP contribution in [0.2, 0.25) is 0 Å². The molecule has 0 saturated heterocycles. The molecule has 0 aliphatic rings. The summed E-state index contributed by atoms with van der Waals surface area (Å²) in [7, 11) is 0. The Kier molecular flexibility index (Phi) is 6.80. The highest BCUT2D eigenvalue weighted by atomic mass is 15.2. The van der Waals surface area contributed by atoms with Crippen LogP contribution in [0.4, 0.5) is 34.3 Å². The number of hydrogen-bond acceptors (Lipinski definition) is 3. The summed E-state index contributed by atoms with van der Waals surface area (Å²) in [5.74, 6) is 0.873. The molecule has 1 aromatic heterocycles. The zero-order chi connectivity index (χ0) is 31.9. The molecule has 0 aliphatic carbocycles. The van der Waals surface area contributed by atoms with Crippen molar-refractivity contribution in [2.24, 2.45) is 0 Å². The van der Waals surface area contributed by atoms with Gasteiger partial charge in [0.15, 0.2) is 0 Å². The number of nitrogens with zero attached hydrogens (tertiary/aromatic N) is 3. The molecular weight excluding hydrogens is 583 g/mol. The van der Waals surface area contributed by atoms with Gasteiger partial charge in [0.05, 0.1) is 17.1 Å². The van der Waals surface area contributed by atoms with E-state index < -0.39 is 0 Å². The molecule has 0 bridgehead atoms. The standard InChI is InChI=1S/C45H31N3/c1-5-14-32(15-6-1)40-22-13-23-43(46-40)48(37-20-11-4-12-21-37)42-31-27-34-24-28-38-41(30-26-33-25-29-39(42)45(34)44(33)38)47(35-16-7-2-8-17-35)36-18-9-3-10-19-36/h1-31H. The summed E-state index contributed by atoms with van der Waals surface area (Å²) in [5.41, 5.74) is 7.59. The number of para-hydroxylation sites is 3. The molecule has 0 fully saturated rings. The summed E-state index contributed by atoms with van der Waals surface area (Å²) in [5, 5.41) is 7.36. The van der Waals surface area contributed by atoms with Gasteiger partial charge in [0.25, 0.3) is 0 Å².